The maximum atomic E-state index is 13.7. The molecule has 6 nitrogen and oxygen atoms in total. The molecular weight excluding hydrogens is 377 g/mol. The van der Waals surface area contributed by atoms with Crippen molar-refractivity contribution in [3.63, 3.8) is 0 Å². The topological polar surface area (TPSA) is 81.7 Å². The summed E-state index contributed by atoms with van der Waals surface area (Å²) in [5, 5.41) is 2.73. The molecule has 4 fully saturated rings. The number of methoxy groups -OCH3 is 1. The molecule has 0 aromatic heterocycles. The Labute approximate surface area is 169 Å². The molecular formula is C22H26FNO5. The second kappa shape index (κ2) is 7.76. The Morgan fingerprint density at radius 2 is 1.72 bits per heavy atom. The third-order valence-corrected chi connectivity index (χ3v) is 6.75. The van der Waals surface area contributed by atoms with Crippen LogP contribution in [-0.2, 0) is 14.3 Å². The Bertz CT molecular complexity index is 801. The van der Waals surface area contributed by atoms with E-state index >= 15 is 0 Å². The van der Waals surface area contributed by atoms with Gasteiger partial charge in [0.15, 0.2) is 24.0 Å². The molecule has 4 bridgehead atoms. The van der Waals surface area contributed by atoms with E-state index in [1.54, 1.807) is 0 Å². The van der Waals surface area contributed by atoms with Crippen LogP contribution in [0.25, 0.3) is 0 Å². The van der Waals surface area contributed by atoms with Crippen LogP contribution in [-0.4, -0.2) is 37.9 Å². The largest absolute Gasteiger partial charge is 0.494 e. The number of halogens is 1. The first-order valence-electron chi connectivity index (χ1n) is 10.2. The highest BCUT2D eigenvalue weighted by molar-refractivity contribution is 5.98. The minimum Gasteiger partial charge on any atom is -0.494 e. The molecule has 1 amide bonds. The molecule has 1 aromatic rings. The lowest BCUT2D eigenvalue weighted by Crippen LogP contribution is -2.54. The van der Waals surface area contributed by atoms with Gasteiger partial charge in [0.2, 0.25) is 5.91 Å². The number of ether oxygens (including phenoxy) is 2. The molecule has 29 heavy (non-hydrogen) atoms. The summed E-state index contributed by atoms with van der Waals surface area (Å²) in [5.41, 5.74) is -0.237. The lowest BCUT2D eigenvalue weighted by molar-refractivity contribution is -0.150. The van der Waals surface area contributed by atoms with Gasteiger partial charge in [-0.15, -0.1) is 0 Å². The number of nitrogens with one attached hydrogen (secondary N) is 1. The normalized spacial score (nSPS) is 29.4. The highest BCUT2D eigenvalue weighted by Crippen LogP contribution is 2.60. The van der Waals surface area contributed by atoms with Crippen LogP contribution in [0.1, 0.15) is 48.9 Å². The molecule has 4 aliphatic rings. The first kappa shape index (κ1) is 19.9. The molecule has 0 spiro atoms. The summed E-state index contributed by atoms with van der Waals surface area (Å²) in [4.78, 5) is 36.9. The molecule has 4 aliphatic carbocycles. The Morgan fingerprint density at radius 3 is 2.28 bits per heavy atom. The van der Waals surface area contributed by atoms with Gasteiger partial charge in [0.05, 0.1) is 7.11 Å². The quantitative estimate of drug-likeness (QED) is 0.559. The first-order valence-corrected chi connectivity index (χ1v) is 10.2. The van der Waals surface area contributed by atoms with Crippen molar-refractivity contribution in [3.8, 4) is 5.75 Å². The fourth-order valence-corrected chi connectivity index (χ4v) is 5.85. The van der Waals surface area contributed by atoms with E-state index in [1.807, 2.05) is 0 Å². The number of amides is 1. The first-order chi connectivity index (χ1) is 13.9. The molecule has 1 N–H and O–H groups in total. The van der Waals surface area contributed by atoms with Crippen molar-refractivity contribution in [3.05, 3.63) is 29.6 Å². The smallest absolute Gasteiger partial charge is 0.325 e. The van der Waals surface area contributed by atoms with Gasteiger partial charge in [-0.3, -0.25) is 14.4 Å². The number of ketones is 1. The number of hydrogen-bond acceptors (Lipinski definition) is 5. The van der Waals surface area contributed by atoms with E-state index in [1.165, 1.54) is 38.5 Å². The van der Waals surface area contributed by atoms with Crippen molar-refractivity contribution in [2.45, 2.75) is 38.5 Å². The number of carbonyl (C=O) groups excluding carboxylic acids is 3. The van der Waals surface area contributed by atoms with Crippen molar-refractivity contribution in [1.29, 1.82) is 0 Å². The molecule has 5 rings (SSSR count). The molecule has 0 aliphatic heterocycles. The Balaban J connectivity index is 1.25. The highest BCUT2D eigenvalue weighted by atomic mass is 19.1. The average Bonchev–Trinajstić information content (AvgIpc) is 2.69. The lowest BCUT2D eigenvalue weighted by Gasteiger charge is -2.55. The van der Waals surface area contributed by atoms with Gasteiger partial charge in [-0.2, -0.15) is 0 Å². The van der Waals surface area contributed by atoms with Crippen LogP contribution >= 0.6 is 0 Å². The second-order valence-electron chi connectivity index (χ2n) is 8.81. The van der Waals surface area contributed by atoms with Gasteiger partial charge in [-0.1, -0.05) is 0 Å². The zero-order valence-electron chi connectivity index (χ0n) is 16.5. The molecule has 0 atom stereocenters. The molecule has 0 radical (unpaired) electrons. The van der Waals surface area contributed by atoms with E-state index in [0.29, 0.717) is 17.8 Å². The van der Waals surface area contributed by atoms with Crippen molar-refractivity contribution in [1.82, 2.24) is 5.32 Å². The van der Waals surface area contributed by atoms with Gasteiger partial charge in [0, 0.05) is 11.0 Å². The Hall–Kier alpha value is -2.44. The van der Waals surface area contributed by atoms with E-state index in [4.69, 9.17) is 9.47 Å². The molecule has 0 heterocycles. The molecule has 1 aromatic carbocycles. The standard InChI is InChI=1S/C22H26FNO5/c1-28-19-3-2-16(7-17(19)23)18(25)12-29-20(26)11-24-21(27)22-8-13-4-14(9-22)6-15(5-13)10-22/h2-3,7,13-15H,4-6,8-12H2,1H3,(H,24,27). The predicted molar refractivity (Wildman–Crippen MR) is 102 cm³/mol. The number of rotatable bonds is 7. The van der Waals surface area contributed by atoms with Gasteiger partial charge < -0.3 is 14.8 Å². The number of esters is 1. The minimum absolute atomic E-state index is 0.0333. The zero-order valence-corrected chi connectivity index (χ0v) is 16.5. The van der Waals surface area contributed by atoms with Gasteiger partial charge in [0.1, 0.15) is 6.54 Å². The van der Waals surface area contributed by atoms with E-state index in [0.717, 1.165) is 25.3 Å². The number of hydrogen-bond donors (Lipinski definition) is 1. The fraction of sp³-hybridized carbons (Fsp3) is 0.591. The summed E-state index contributed by atoms with van der Waals surface area (Å²) >= 11 is 0. The van der Waals surface area contributed by atoms with Crippen LogP contribution in [0.5, 0.6) is 5.75 Å². The third kappa shape index (κ3) is 4.00. The van der Waals surface area contributed by atoms with Gasteiger partial charge in [0.25, 0.3) is 0 Å². The SMILES string of the molecule is COc1ccc(C(=O)COC(=O)CNC(=O)C23CC4CC(CC(C4)C2)C3)cc1F. The van der Waals surface area contributed by atoms with Crippen molar-refractivity contribution in [2.75, 3.05) is 20.3 Å². The van der Waals surface area contributed by atoms with Gasteiger partial charge in [-0.25, -0.2) is 4.39 Å². The molecule has 7 heteroatoms. The zero-order chi connectivity index (χ0) is 20.6. The second-order valence-corrected chi connectivity index (χ2v) is 8.81. The monoisotopic (exact) mass is 403 g/mol. The van der Waals surface area contributed by atoms with Crippen LogP contribution in [0.4, 0.5) is 4.39 Å². The van der Waals surface area contributed by atoms with Crippen LogP contribution in [0.2, 0.25) is 0 Å². The maximum absolute atomic E-state index is 13.7. The summed E-state index contributed by atoms with van der Waals surface area (Å²) in [6, 6.07) is 3.80. The van der Waals surface area contributed by atoms with E-state index in [9.17, 15) is 18.8 Å². The third-order valence-electron chi connectivity index (χ3n) is 6.75. The summed E-state index contributed by atoms with van der Waals surface area (Å²) in [6.45, 7) is -0.761. The van der Waals surface area contributed by atoms with Crippen LogP contribution < -0.4 is 10.1 Å². The average molecular weight is 403 g/mol. The fourth-order valence-electron chi connectivity index (χ4n) is 5.85. The van der Waals surface area contributed by atoms with Crippen LogP contribution in [0, 0.1) is 29.0 Å². The van der Waals surface area contributed by atoms with Gasteiger partial charge in [-0.05, 0) is 74.5 Å². The van der Waals surface area contributed by atoms with Crippen molar-refractivity contribution < 1.29 is 28.2 Å². The van der Waals surface area contributed by atoms with Crippen molar-refractivity contribution in [2.24, 2.45) is 23.2 Å². The lowest BCUT2D eigenvalue weighted by atomic mass is 9.49. The summed E-state index contributed by atoms with van der Waals surface area (Å²) in [7, 11) is 1.33. The number of Topliss-reactive ketones (excluding diaryl/α,β-unsaturated/α-hetero) is 1. The van der Waals surface area contributed by atoms with Crippen LogP contribution in [0.3, 0.4) is 0 Å². The van der Waals surface area contributed by atoms with E-state index in [2.05, 4.69) is 5.32 Å². The molecule has 4 saturated carbocycles. The Morgan fingerprint density at radius 1 is 1.10 bits per heavy atom. The molecule has 156 valence electrons. The predicted octanol–water partition coefficient (Wildman–Crippen LogP) is 2.89. The maximum Gasteiger partial charge on any atom is 0.325 e. The molecule has 0 saturated heterocycles. The highest BCUT2D eigenvalue weighted by Gasteiger charge is 2.54. The Kier molecular flexibility index (Phi) is 5.32. The summed E-state index contributed by atoms with van der Waals surface area (Å²) in [6.07, 6.45) is 6.47. The van der Waals surface area contributed by atoms with E-state index < -0.39 is 24.2 Å². The number of benzene rings is 1. The minimum atomic E-state index is -0.676. The van der Waals surface area contributed by atoms with Crippen LogP contribution in [0.15, 0.2) is 18.2 Å². The van der Waals surface area contributed by atoms with E-state index in [-0.39, 0.29) is 29.2 Å². The number of carbonyl (C=O) groups is 3. The molecule has 0 unspecified atom stereocenters. The van der Waals surface area contributed by atoms with Gasteiger partial charge >= 0.3 is 5.97 Å². The summed E-state index contributed by atoms with van der Waals surface area (Å²) < 4.78 is 23.5. The van der Waals surface area contributed by atoms with Crippen molar-refractivity contribution >= 4 is 17.7 Å². The summed E-state index contributed by atoms with van der Waals surface area (Å²) in [5.74, 6) is 0.0395.